The molecule has 3 aliphatic heterocycles. The zero-order valence-corrected chi connectivity index (χ0v) is 33.5. The monoisotopic (exact) mass is 759 g/mol. The van der Waals surface area contributed by atoms with E-state index < -0.39 is 49.0 Å². The van der Waals surface area contributed by atoms with Crippen molar-refractivity contribution in [3.63, 3.8) is 0 Å². The van der Waals surface area contributed by atoms with Gasteiger partial charge >= 0.3 is 5.97 Å². The van der Waals surface area contributed by atoms with E-state index in [0.29, 0.717) is 30.9 Å². The molecule has 0 radical (unpaired) electrons. The van der Waals surface area contributed by atoms with Crippen LogP contribution in [0.5, 0.6) is 0 Å². The predicted octanol–water partition coefficient (Wildman–Crippen LogP) is 4.36. The van der Waals surface area contributed by atoms with Crippen LogP contribution < -0.4 is 0 Å². The Balaban J connectivity index is 1.22. The number of cyclic esters (lactones) is 1. The molecule has 0 amide bonds. The zero-order chi connectivity index (χ0) is 38.8. The molecule has 304 valence electrons. The van der Waals surface area contributed by atoms with Gasteiger partial charge in [-0.05, 0) is 115 Å². The number of nitrogens with zero attached hydrogens (tertiary/aromatic N) is 1. The standard InChI is InChI=1S/C42H65NO11/c1-22(44)12-14-27-10-9-11-35(54-37-17-16-34(43(5)6)24(3)50-37)23(2)38(46)33-20-31-29(32(33)21-36(45)52-27)15-13-26-18-28(19-30(26)31)53-42-41(49-8)39(47)40(48-7)25(4)51-42/h12-15,20,22-32,34-35,37,39-42,44,47H,9-11,16-19,21H2,1-8H3/b14-12+/t22?,23-,24-,25+,26?,27?,28-,29?,30?,31?,32?,34+,35+,37+,39-,40+,41-,42+/m1/s1. The molecule has 0 aromatic heterocycles. The Kier molecular flexibility index (Phi) is 13.9. The van der Waals surface area contributed by atoms with E-state index in [2.05, 4.69) is 44.1 Å². The van der Waals surface area contributed by atoms with Crippen LogP contribution in [0.3, 0.4) is 0 Å². The number of fused-ring (bicyclic) bond motifs is 5. The number of ether oxygens (including phenoxy) is 7. The Morgan fingerprint density at radius 3 is 2.37 bits per heavy atom. The summed E-state index contributed by atoms with van der Waals surface area (Å²) in [6, 6.07) is 0.302. The number of esters is 1. The second-order valence-corrected chi connectivity index (χ2v) is 16.9. The fourth-order valence-electron chi connectivity index (χ4n) is 10.2. The number of ketones is 1. The van der Waals surface area contributed by atoms with Gasteiger partial charge in [0.2, 0.25) is 0 Å². The smallest absolute Gasteiger partial charge is 0.307 e. The molecular formula is C42H65NO11. The summed E-state index contributed by atoms with van der Waals surface area (Å²) in [4.78, 5) is 30.5. The number of allylic oxidation sites excluding steroid dienone is 4. The summed E-state index contributed by atoms with van der Waals surface area (Å²) in [5, 5.41) is 20.9. The average molecular weight is 760 g/mol. The Morgan fingerprint density at radius 2 is 1.69 bits per heavy atom. The number of rotatable bonds is 9. The Bertz CT molecular complexity index is 1380. The summed E-state index contributed by atoms with van der Waals surface area (Å²) in [5.74, 6) is -0.640. The molecule has 0 aromatic carbocycles. The van der Waals surface area contributed by atoms with Crippen molar-refractivity contribution in [3.8, 4) is 0 Å². The number of likely N-dealkylation sites (N-methyl/N-ethyl adjacent to an activating group) is 1. The van der Waals surface area contributed by atoms with E-state index in [1.165, 1.54) is 7.11 Å². The zero-order valence-electron chi connectivity index (χ0n) is 33.5. The van der Waals surface area contributed by atoms with E-state index in [9.17, 15) is 19.8 Å². The summed E-state index contributed by atoms with van der Waals surface area (Å²) in [6.07, 6.45) is 9.87. The highest BCUT2D eigenvalue weighted by atomic mass is 16.7. The maximum Gasteiger partial charge on any atom is 0.307 e. The highest BCUT2D eigenvalue weighted by molar-refractivity contribution is 5.99. The Labute approximate surface area is 321 Å². The van der Waals surface area contributed by atoms with Crippen molar-refractivity contribution in [2.24, 2.45) is 35.5 Å². The quantitative estimate of drug-likeness (QED) is 0.255. The molecule has 12 heteroatoms. The number of hydrogen-bond acceptors (Lipinski definition) is 12. The maximum absolute atomic E-state index is 14.7. The molecule has 7 unspecified atom stereocenters. The molecule has 6 rings (SSSR count). The normalized spacial score (nSPS) is 45.2. The van der Waals surface area contributed by atoms with Gasteiger partial charge in [-0.1, -0.05) is 31.2 Å². The number of hydrogen-bond donors (Lipinski definition) is 2. The van der Waals surface area contributed by atoms with Crippen LogP contribution in [0, 0.1) is 35.5 Å². The largest absolute Gasteiger partial charge is 0.458 e. The molecule has 54 heavy (non-hydrogen) atoms. The van der Waals surface area contributed by atoms with Crippen LogP contribution in [0.1, 0.15) is 79.1 Å². The number of carbonyl (C=O) groups excluding carboxylic acids is 2. The van der Waals surface area contributed by atoms with Crippen LogP contribution in [0.25, 0.3) is 0 Å². The molecule has 0 aromatic rings. The molecule has 0 bridgehead atoms. The summed E-state index contributed by atoms with van der Waals surface area (Å²) in [5.41, 5.74) is 0.692. The van der Waals surface area contributed by atoms with Gasteiger partial charge in [0.15, 0.2) is 18.4 Å². The summed E-state index contributed by atoms with van der Waals surface area (Å²) >= 11 is 0. The third kappa shape index (κ3) is 9.08. The Morgan fingerprint density at radius 1 is 0.926 bits per heavy atom. The van der Waals surface area contributed by atoms with Gasteiger partial charge in [-0.3, -0.25) is 9.59 Å². The van der Waals surface area contributed by atoms with E-state index >= 15 is 0 Å². The fraction of sp³-hybridized carbons (Fsp3) is 0.810. The minimum Gasteiger partial charge on any atom is -0.458 e. The summed E-state index contributed by atoms with van der Waals surface area (Å²) < 4.78 is 43.0. The van der Waals surface area contributed by atoms with Gasteiger partial charge in [0.1, 0.15) is 24.4 Å². The van der Waals surface area contributed by atoms with Crippen molar-refractivity contribution in [1.82, 2.24) is 4.90 Å². The first-order valence-electron chi connectivity index (χ1n) is 20.3. The van der Waals surface area contributed by atoms with Gasteiger partial charge in [-0.25, -0.2) is 0 Å². The van der Waals surface area contributed by atoms with Crippen molar-refractivity contribution in [3.05, 3.63) is 36.0 Å². The fourth-order valence-corrected chi connectivity index (χ4v) is 10.2. The van der Waals surface area contributed by atoms with E-state index in [0.717, 1.165) is 25.7 Å². The van der Waals surface area contributed by atoms with Gasteiger partial charge < -0.3 is 48.3 Å². The van der Waals surface area contributed by atoms with E-state index in [4.69, 9.17) is 33.2 Å². The molecule has 6 aliphatic rings. The first-order valence-corrected chi connectivity index (χ1v) is 20.3. The molecular weight excluding hydrogens is 694 g/mol. The minimum absolute atomic E-state index is 0.00444. The lowest BCUT2D eigenvalue weighted by Crippen LogP contribution is -2.59. The number of Topliss-reactive ketones (excluding diaryl/α,β-unsaturated/α-hetero) is 1. The lowest BCUT2D eigenvalue weighted by Gasteiger charge is -2.42. The minimum atomic E-state index is -0.899. The molecule has 3 saturated heterocycles. The van der Waals surface area contributed by atoms with Gasteiger partial charge in [-0.2, -0.15) is 0 Å². The summed E-state index contributed by atoms with van der Waals surface area (Å²) in [6.45, 7) is 7.58. The molecule has 1 saturated carbocycles. The van der Waals surface area contributed by atoms with Gasteiger partial charge in [0.05, 0.1) is 36.9 Å². The first kappa shape index (κ1) is 41.6. The van der Waals surface area contributed by atoms with E-state index in [1.54, 1.807) is 26.2 Å². The van der Waals surface area contributed by atoms with Crippen LogP contribution in [-0.4, -0.2) is 129 Å². The predicted molar refractivity (Wildman–Crippen MR) is 200 cm³/mol. The van der Waals surface area contributed by atoms with Crippen LogP contribution in [0.4, 0.5) is 0 Å². The van der Waals surface area contributed by atoms with Crippen LogP contribution in [0.2, 0.25) is 0 Å². The summed E-state index contributed by atoms with van der Waals surface area (Å²) in [7, 11) is 7.23. The van der Waals surface area contributed by atoms with Gasteiger partial charge in [0.25, 0.3) is 0 Å². The molecule has 18 atom stereocenters. The van der Waals surface area contributed by atoms with Crippen LogP contribution >= 0.6 is 0 Å². The van der Waals surface area contributed by atoms with E-state index in [1.807, 2.05) is 13.8 Å². The average Bonchev–Trinajstić information content (AvgIpc) is 3.70. The molecule has 0 spiro atoms. The molecule has 2 N–H and O–H groups in total. The SMILES string of the molecule is CO[C@@H]1[C@@H](O)[C@@H](OC)[C@H](O[C@@H]2CC3C=CC4C5CC(=O)OC(/C=C/C(C)O)CCC[C@H](O[C@H]6CC[C@H](N(C)C)[C@@H](C)O6)[C@@H](C)C(=O)C5=CC4C3C2)O[C@H]1C. The van der Waals surface area contributed by atoms with Crippen molar-refractivity contribution in [1.29, 1.82) is 0 Å². The highest BCUT2D eigenvalue weighted by Crippen LogP contribution is 2.54. The lowest BCUT2D eigenvalue weighted by molar-refractivity contribution is -0.311. The third-order valence-electron chi connectivity index (χ3n) is 13.1. The van der Waals surface area contributed by atoms with Crippen LogP contribution in [0.15, 0.2) is 36.0 Å². The second kappa shape index (κ2) is 18.1. The molecule has 4 fully saturated rings. The van der Waals surface area contributed by atoms with Crippen molar-refractivity contribution in [2.45, 2.75) is 153 Å². The first-order chi connectivity index (χ1) is 25.8. The van der Waals surface area contributed by atoms with Gasteiger partial charge in [0, 0.05) is 32.1 Å². The van der Waals surface area contributed by atoms with Gasteiger partial charge in [-0.15, -0.1) is 0 Å². The van der Waals surface area contributed by atoms with Crippen molar-refractivity contribution in [2.75, 3.05) is 28.3 Å². The third-order valence-corrected chi connectivity index (χ3v) is 13.1. The molecule has 3 aliphatic carbocycles. The van der Waals surface area contributed by atoms with Crippen molar-refractivity contribution >= 4 is 11.8 Å². The number of aliphatic hydroxyl groups is 2. The lowest BCUT2D eigenvalue weighted by atomic mass is 9.70. The number of methoxy groups -OCH3 is 2. The number of carbonyl (C=O) groups is 2. The Hall–Kier alpha value is -2.00. The molecule has 12 nitrogen and oxygen atoms in total. The maximum atomic E-state index is 14.7. The second-order valence-electron chi connectivity index (χ2n) is 16.9. The highest BCUT2D eigenvalue weighted by Gasteiger charge is 2.52. The van der Waals surface area contributed by atoms with Crippen LogP contribution in [-0.2, 0) is 42.7 Å². The van der Waals surface area contributed by atoms with Crippen molar-refractivity contribution < 1.29 is 53.0 Å². The topological polar surface area (TPSA) is 142 Å². The molecule has 3 heterocycles. The number of aliphatic hydroxyl groups excluding tert-OH is 2. The van der Waals surface area contributed by atoms with E-state index in [-0.39, 0.29) is 72.2 Å².